The lowest BCUT2D eigenvalue weighted by atomic mass is 9.84. The Morgan fingerprint density at radius 3 is 2.60 bits per heavy atom. The lowest BCUT2D eigenvalue weighted by Crippen LogP contribution is -2.18. The Kier molecular flexibility index (Phi) is 5.24. The molecule has 0 amide bonds. The van der Waals surface area contributed by atoms with Gasteiger partial charge in [-0.1, -0.05) is 53.7 Å². The van der Waals surface area contributed by atoms with E-state index in [0.717, 1.165) is 23.2 Å². The van der Waals surface area contributed by atoms with Gasteiger partial charge in [0.1, 0.15) is 0 Å². The van der Waals surface area contributed by atoms with Crippen LogP contribution in [0.25, 0.3) is 0 Å². The van der Waals surface area contributed by atoms with Crippen molar-refractivity contribution in [2.45, 2.75) is 26.2 Å². The molecule has 2 aromatic carbocycles. The van der Waals surface area contributed by atoms with Crippen molar-refractivity contribution in [3.05, 3.63) is 101 Å². The third kappa shape index (κ3) is 3.94. The van der Waals surface area contributed by atoms with E-state index in [9.17, 15) is 5.21 Å². The van der Waals surface area contributed by atoms with E-state index in [4.69, 9.17) is 0 Å². The average molecular weight is 329 g/mol. The first-order valence-corrected chi connectivity index (χ1v) is 8.35. The van der Waals surface area contributed by atoms with E-state index in [1.54, 1.807) is 6.20 Å². The first kappa shape index (κ1) is 16.9. The second-order valence-corrected chi connectivity index (χ2v) is 6.17. The number of rotatable bonds is 5. The van der Waals surface area contributed by atoms with Gasteiger partial charge in [-0.15, -0.1) is 0 Å². The van der Waals surface area contributed by atoms with Gasteiger partial charge in [-0.3, -0.25) is 4.98 Å². The molecule has 1 N–H and O–H groups in total. The van der Waals surface area contributed by atoms with Crippen LogP contribution in [0.3, 0.4) is 0 Å². The molecule has 0 aliphatic carbocycles. The normalized spacial score (nSPS) is 12.8. The lowest BCUT2D eigenvalue weighted by Gasteiger charge is -2.20. The summed E-state index contributed by atoms with van der Waals surface area (Å²) in [6.45, 7) is 4.04. The molecule has 0 fully saturated rings. The van der Waals surface area contributed by atoms with Gasteiger partial charge in [-0.25, -0.2) is 0 Å². The molecule has 3 heteroatoms. The number of hydrogen-bond acceptors (Lipinski definition) is 3. The second kappa shape index (κ2) is 7.75. The third-order valence-corrected chi connectivity index (χ3v) is 4.42. The number of pyridine rings is 1. The second-order valence-electron chi connectivity index (χ2n) is 6.17. The number of nitrogens with zero attached hydrogens (tertiary/aromatic N) is 2. The van der Waals surface area contributed by atoms with Crippen LogP contribution in [0.4, 0.5) is 0 Å². The molecule has 0 aliphatic rings. The Morgan fingerprint density at radius 1 is 1.12 bits per heavy atom. The molecule has 0 spiro atoms. The first-order chi connectivity index (χ1) is 12.2. The summed E-state index contributed by atoms with van der Waals surface area (Å²) >= 11 is 0. The molecule has 3 rings (SSSR count). The molecule has 1 radical (unpaired) electrons. The fourth-order valence-electron chi connectivity index (χ4n) is 3.07. The predicted molar refractivity (Wildman–Crippen MR) is 100 cm³/mol. The van der Waals surface area contributed by atoms with Gasteiger partial charge in [0.05, 0.1) is 5.71 Å². The molecular formula is C22H21N2O. The fraction of sp³-hybridized carbons (Fsp3) is 0.182. The van der Waals surface area contributed by atoms with E-state index in [1.165, 1.54) is 11.1 Å². The van der Waals surface area contributed by atoms with Gasteiger partial charge in [0.15, 0.2) is 0 Å². The molecule has 0 aliphatic heterocycles. The number of benzene rings is 2. The van der Waals surface area contributed by atoms with Crippen LogP contribution in [0.2, 0.25) is 0 Å². The van der Waals surface area contributed by atoms with Crippen molar-refractivity contribution in [2.75, 3.05) is 0 Å². The van der Waals surface area contributed by atoms with Gasteiger partial charge >= 0.3 is 0 Å². The van der Waals surface area contributed by atoms with Crippen molar-refractivity contribution >= 4 is 5.71 Å². The quantitative estimate of drug-likeness (QED) is 0.419. The molecule has 1 heterocycles. The van der Waals surface area contributed by atoms with Gasteiger partial charge in [0.25, 0.3) is 0 Å². The SMILES string of the molecule is Cc1cc(/C(=N\O)C(Cc2ccccc2C)c2[c]cccc2)ccn1. The standard InChI is InChI=1S/C22H21N2O/c1-16-8-6-7-11-19(16)15-21(18-9-4-3-5-10-18)22(24-25)20-12-13-23-17(2)14-20/h3-9,11-14,21,25H,15H2,1-2H3/b24-22+. The summed E-state index contributed by atoms with van der Waals surface area (Å²) in [5, 5.41) is 13.5. The Bertz CT molecular complexity index is 872. The maximum absolute atomic E-state index is 9.80. The molecule has 0 saturated heterocycles. The summed E-state index contributed by atoms with van der Waals surface area (Å²) in [6, 6.07) is 23.3. The summed E-state index contributed by atoms with van der Waals surface area (Å²) in [4.78, 5) is 4.24. The average Bonchev–Trinajstić information content (AvgIpc) is 2.64. The zero-order valence-corrected chi connectivity index (χ0v) is 14.5. The van der Waals surface area contributed by atoms with Crippen molar-refractivity contribution in [3.63, 3.8) is 0 Å². The van der Waals surface area contributed by atoms with Crippen LogP contribution in [0.5, 0.6) is 0 Å². The van der Waals surface area contributed by atoms with E-state index >= 15 is 0 Å². The number of aromatic nitrogens is 1. The molecule has 1 atom stereocenters. The third-order valence-electron chi connectivity index (χ3n) is 4.42. The highest BCUT2D eigenvalue weighted by Gasteiger charge is 2.22. The van der Waals surface area contributed by atoms with Crippen LogP contribution in [0.1, 0.15) is 33.9 Å². The summed E-state index contributed by atoms with van der Waals surface area (Å²) in [7, 11) is 0. The predicted octanol–water partition coefficient (Wildman–Crippen LogP) is 4.70. The largest absolute Gasteiger partial charge is 0.411 e. The molecular weight excluding hydrogens is 308 g/mol. The van der Waals surface area contributed by atoms with E-state index in [-0.39, 0.29) is 5.92 Å². The highest BCUT2D eigenvalue weighted by molar-refractivity contribution is 6.05. The van der Waals surface area contributed by atoms with Crippen molar-refractivity contribution < 1.29 is 5.21 Å². The van der Waals surface area contributed by atoms with E-state index < -0.39 is 0 Å². The lowest BCUT2D eigenvalue weighted by molar-refractivity contribution is 0.317. The topological polar surface area (TPSA) is 45.5 Å². The number of hydrogen-bond donors (Lipinski definition) is 1. The Labute approximate surface area is 148 Å². The number of oxime groups is 1. The van der Waals surface area contributed by atoms with Crippen molar-refractivity contribution in [1.29, 1.82) is 0 Å². The summed E-state index contributed by atoms with van der Waals surface area (Å²) in [6.07, 6.45) is 2.49. The van der Waals surface area contributed by atoms with Crippen LogP contribution in [-0.2, 0) is 6.42 Å². The first-order valence-electron chi connectivity index (χ1n) is 8.35. The van der Waals surface area contributed by atoms with Crippen LogP contribution in [0.15, 0.2) is 72.0 Å². The van der Waals surface area contributed by atoms with Gasteiger partial charge in [-0.2, -0.15) is 0 Å². The van der Waals surface area contributed by atoms with Gasteiger partial charge in [-0.05, 0) is 55.2 Å². The van der Waals surface area contributed by atoms with Gasteiger partial charge in [0.2, 0.25) is 0 Å². The van der Waals surface area contributed by atoms with Crippen molar-refractivity contribution in [3.8, 4) is 0 Å². The summed E-state index contributed by atoms with van der Waals surface area (Å²) < 4.78 is 0. The van der Waals surface area contributed by atoms with Crippen LogP contribution < -0.4 is 0 Å². The maximum atomic E-state index is 9.80. The molecule has 3 nitrogen and oxygen atoms in total. The van der Waals surface area contributed by atoms with Crippen LogP contribution in [-0.4, -0.2) is 15.9 Å². The minimum Gasteiger partial charge on any atom is -0.411 e. The highest BCUT2D eigenvalue weighted by atomic mass is 16.4. The molecule has 125 valence electrons. The molecule has 3 aromatic rings. The summed E-state index contributed by atoms with van der Waals surface area (Å²) in [5.41, 5.74) is 5.88. The van der Waals surface area contributed by atoms with Crippen LogP contribution in [0, 0.1) is 19.9 Å². The molecule has 1 aromatic heterocycles. The number of aryl methyl sites for hydroxylation is 2. The minimum atomic E-state index is -0.0888. The molecule has 1 unspecified atom stereocenters. The van der Waals surface area contributed by atoms with Crippen LogP contribution >= 0.6 is 0 Å². The monoisotopic (exact) mass is 329 g/mol. The smallest absolute Gasteiger partial charge is 0.0947 e. The van der Waals surface area contributed by atoms with Crippen molar-refractivity contribution in [1.82, 2.24) is 4.98 Å². The minimum absolute atomic E-state index is 0.0888. The fourth-order valence-corrected chi connectivity index (χ4v) is 3.07. The maximum Gasteiger partial charge on any atom is 0.0947 e. The molecule has 0 saturated carbocycles. The zero-order valence-electron chi connectivity index (χ0n) is 14.5. The highest BCUT2D eigenvalue weighted by Crippen LogP contribution is 2.27. The Balaban J connectivity index is 2.06. The van der Waals surface area contributed by atoms with E-state index in [1.807, 2.05) is 55.5 Å². The molecule has 25 heavy (non-hydrogen) atoms. The van der Waals surface area contributed by atoms with E-state index in [2.05, 4.69) is 35.3 Å². The van der Waals surface area contributed by atoms with Crippen molar-refractivity contribution in [2.24, 2.45) is 5.16 Å². The van der Waals surface area contributed by atoms with Gasteiger partial charge < -0.3 is 5.21 Å². The Morgan fingerprint density at radius 2 is 1.92 bits per heavy atom. The van der Waals surface area contributed by atoms with Gasteiger partial charge in [0, 0.05) is 23.4 Å². The summed E-state index contributed by atoms with van der Waals surface area (Å²) in [5.74, 6) is -0.0888. The van der Waals surface area contributed by atoms with E-state index in [0.29, 0.717) is 5.71 Å². The zero-order chi connectivity index (χ0) is 17.6. The molecule has 0 bridgehead atoms. The Hall–Kier alpha value is -2.94.